The van der Waals surface area contributed by atoms with Gasteiger partial charge in [-0.3, -0.25) is 4.79 Å². The molecule has 2 aliphatic rings. The van der Waals surface area contributed by atoms with Gasteiger partial charge in [0.25, 0.3) is 5.91 Å². The third kappa shape index (κ3) is 4.45. The van der Waals surface area contributed by atoms with Gasteiger partial charge in [-0.1, -0.05) is 6.42 Å². The van der Waals surface area contributed by atoms with Crippen molar-refractivity contribution in [3.8, 4) is 0 Å². The van der Waals surface area contributed by atoms with Gasteiger partial charge >= 0.3 is 5.97 Å². The number of thiophene rings is 1. The summed E-state index contributed by atoms with van der Waals surface area (Å²) in [6, 6.07) is 5.96. The predicted octanol–water partition coefficient (Wildman–Crippen LogP) is 1.53. The molecule has 0 saturated carbocycles. The largest absolute Gasteiger partial charge is 0.465 e. The van der Waals surface area contributed by atoms with Crippen LogP contribution in [0.15, 0.2) is 29.2 Å². The molecule has 1 aromatic carbocycles. The monoisotopic (exact) mass is 478 g/mol. The van der Waals surface area contributed by atoms with Crippen molar-refractivity contribution in [2.24, 2.45) is 0 Å². The first-order valence-electron chi connectivity index (χ1n) is 10.8. The number of rotatable bonds is 5. The van der Waals surface area contributed by atoms with Crippen LogP contribution in [0.1, 0.15) is 50.4 Å². The number of hydrogen-bond acceptors (Lipinski definition) is 6. The summed E-state index contributed by atoms with van der Waals surface area (Å²) in [5.41, 5.74) is 1.70. The minimum atomic E-state index is -3.55. The van der Waals surface area contributed by atoms with E-state index < -0.39 is 21.9 Å². The zero-order valence-corrected chi connectivity index (χ0v) is 19.9. The zero-order valence-electron chi connectivity index (χ0n) is 18.3. The molecule has 0 radical (unpaired) electrons. The number of ether oxygens (including phenoxy) is 1. The van der Waals surface area contributed by atoms with Gasteiger partial charge in [0.1, 0.15) is 11.5 Å². The quantitative estimate of drug-likeness (QED) is 0.636. The van der Waals surface area contributed by atoms with E-state index >= 15 is 0 Å². The first-order valence-corrected chi connectivity index (χ1v) is 13.0. The van der Waals surface area contributed by atoms with E-state index in [0.29, 0.717) is 29.2 Å². The normalized spacial score (nSPS) is 19.2. The van der Waals surface area contributed by atoms with Crippen molar-refractivity contribution in [2.45, 2.75) is 37.1 Å². The molecule has 1 atom stereocenters. The minimum Gasteiger partial charge on any atom is -0.465 e. The fourth-order valence-corrected chi connectivity index (χ4v) is 7.10. The molecular weight excluding hydrogens is 450 g/mol. The molecule has 1 aromatic heterocycles. The molecule has 8 nitrogen and oxygen atoms in total. The van der Waals surface area contributed by atoms with Gasteiger partial charge in [-0.15, -0.1) is 11.3 Å². The summed E-state index contributed by atoms with van der Waals surface area (Å²) < 4.78 is 32.1. The molecule has 10 heteroatoms. The molecule has 2 aromatic rings. The average molecular weight is 479 g/mol. The van der Waals surface area contributed by atoms with Crippen molar-refractivity contribution >= 4 is 38.2 Å². The highest BCUT2D eigenvalue weighted by Crippen LogP contribution is 2.35. The number of esters is 1. The summed E-state index contributed by atoms with van der Waals surface area (Å²) in [4.78, 5) is 27.9. The summed E-state index contributed by atoms with van der Waals surface area (Å²) in [6.45, 7) is 2.76. The Hall–Kier alpha value is -2.27. The molecular formula is C22H28N3O5S2+. The Kier molecular flexibility index (Phi) is 6.66. The van der Waals surface area contributed by atoms with Gasteiger partial charge in [0, 0.05) is 25.1 Å². The van der Waals surface area contributed by atoms with Crippen LogP contribution in [0.4, 0.5) is 5.00 Å². The van der Waals surface area contributed by atoms with E-state index in [1.165, 1.54) is 51.9 Å². The second-order valence-electron chi connectivity index (χ2n) is 8.28. The van der Waals surface area contributed by atoms with Crippen molar-refractivity contribution in [2.75, 3.05) is 39.1 Å². The van der Waals surface area contributed by atoms with Crippen LogP contribution >= 0.6 is 11.3 Å². The van der Waals surface area contributed by atoms with E-state index in [1.807, 2.05) is 0 Å². The van der Waals surface area contributed by atoms with Crippen molar-refractivity contribution in [1.29, 1.82) is 0 Å². The number of carbonyl (C=O) groups is 2. The van der Waals surface area contributed by atoms with Crippen LogP contribution in [-0.4, -0.2) is 58.4 Å². The van der Waals surface area contributed by atoms with Crippen LogP contribution in [0.2, 0.25) is 0 Å². The molecule has 1 saturated heterocycles. The van der Waals surface area contributed by atoms with Gasteiger partial charge in [-0.05, 0) is 42.7 Å². The topological polar surface area (TPSA) is 97.2 Å². The first kappa shape index (κ1) is 22.9. The maximum atomic E-state index is 12.9. The number of nitrogens with zero attached hydrogens (tertiary/aromatic N) is 1. The molecule has 1 amide bonds. The number of benzene rings is 1. The van der Waals surface area contributed by atoms with Crippen molar-refractivity contribution in [3.63, 3.8) is 0 Å². The lowest BCUT2D eigenvalue weighted by Crippen LogP contribution is -3.08. The molecule has 0 spiro atoms. The van der Waals surface area contributed by atoms with Crippen LogP contribution in [0.3, 0.4) is 0 Å². The lowest BCUT2D eigenvalue weighted by molar-refractivity contribution is -0.895. The molecule has 172 valence electrons. The molecule has 0 bridgehead atoms. The summed E-state index contributed by atoms with van der Waals surface area (Å²) in [5, 5.41) is 3.32. The van der Waals surface area contributed by atoms with Gasteiger partial charge in [-0.25, -0.2) is 13.2 Å². The molecule has 32 heavy (non-hydrogen) atoms. The van der Waals surface area contributed by atoms with E-state index in [9.17, 15) is 18.0 Å². The number of quaternary nitrogens is 1. The molecule has 2 N–H and O–H groups in total. The fourth-order valence-electron chi connectivity index (χ4n) is 4.23. The van der Waals surface area contributed by atoms with Crippen molar-refractivity contribution in [1.82, 2.24) is 4.31 Å². The number of methoxy groups -OCH3 is 1. The van der Waals surface area contributed by atoms with Crippen LogP contribution < -0.4 is 10.2 Å². The Morgan fingerprint density at radius 2 is 1.81 bits per heavy atom. The third-order valence-corrected chi connectivity index (χ3v) is 9.10. The van der Waals surface area contributed by atoms with Crippen LogP contribution in [0.5, 0.6) is 0 Å². The smallest absolute Gasteiger partial charge is 0.341 e. The van der Waals surface area contributed by atoms with Crippen molar-refractivity contribution in [3.05, 3.63) is 45.8 Å². The van der Waals surface area contributed by atoms with Crippen molar-refractivity contribution < 1.29 is 27.6 Å². The highest BCUT2D eigenvalue weighted by atomic mass is 32.2. The van der Waals surface area contributed by atoms with E-state index in [1.54, 1.807) is 0 Å². The highest BCUT2D eigenvalue weighted by molar-refractivity contribution is 7.89. The predicted molar refractivity (Wildman–Crippen MR) is 122 cm³/mol. The molecule has 0 aliphatic carbocycles. The van der Waals surface area contributed by atoms with E-state index in [0.717, 1.165) is 49.2 Å². The lowest BCUT2D eigenvalue weighted by Gasteiger charge is -2.25. The number of likely N-dealkylation sites (N-methyl/N-ethyl adjacent to an activating group) is 1. The fraction of sp³-hybridized carbons (Fsp3) is 0.455. The van der Waals surface area contributed by atoms with Crippen LogP contribution in [-0.2, 0) is 27.7 Å². The highest BCUT2D eigenvalue weighted by Gasteiger charge is 2.30. The second-order valence-corrected chi connectivity index (χ2v) is 11.3. The number of hydrogen-bond donors (Lipinski definition) is 2. The Balaban J connectivity index is 1.55. The average Bonchev–Trinajstić information content (AvgIpc) is 3.15. The maximum absolute atomic E-state index is 12.9. The van der Waals surface area contributed by atoms with E-state index in [4.69, 9.17) is 4.74 Å². The minimum absolute atomic E-state index is 0.184. The standard InChI is InChI=1S/C22H27N3O5S2/c1-24-13-10-17-18(14-24)31-21(19(17)22(27)30-2)23-20(26)15-6-8-16(9-7-15)32(28,29)25-11-4-3-5-12-25/h6-9H,3-5,10-14H2,1-2H3,(H,23,26)/p+1. The second kappa shape index (κ2) is 9.30. The first-order chi connectivity index (χ1) is 15.3. The van der Waals surface area contributed by atoms with Gasteiger partial charge in [-0.2, -0.15) is 4.31 Å². The van der Waals surface area contributed by atoms with E-state index in [2.05, 4.69) is 12.4 Å². The van der Waals surface area contributed by atoms with Gasteiger partial charge in [0.15, 0.2) is 0 Å². The van der Waals surface area contributed by atoms with Gasteiger partial charge in [0.2, 0.25) is 10.0 Å². The number of nitrogens with one attached hydrogen (secondary N) is 2. The third-order valence-electron chi connectivity index (χ3n) is 6.04. The molecule has 4 rings (SSSR count). The summed E-state index contributed by atoms with van der Waals surface area (Å²) >= 11 is 1.40. The van der Waals surface area contributed by atoms with Gasteiger partial charge in [0.05, 0.1) is 36.0 Å². The maximum Gasteiger partial charge on any atom is 0.341 e. The number of carbonyl (C=O) groups excluding carboxylic acids is 2. The Labute approximate surface area is 192 Å². The summed E-state index contributed by atoms with van der Waals surface area (Å²) in [6.07, 6.45) is 3.53. The summed E-state index contributed by atoms with van der Waals surface area (Å²) in [5.74, 6) is -0.850. The number of piperidine rings is 1. The summed E-state index contributed by atoms with van der Waals surface area (Å²) in [7, 11) is -0.123. The molecule has 1 fully saturated rings. The Morgan fingerprint density at radius 3 is 2.47 bits per heavy atom. The Bertz CT molecular complexity index is 1120. The molecule has 2 aliphatic heterocycles. The van der Waals surface area contributed by atoms with E-state index in [-0.39, 0.29) is 4.90 Å². The SMILES string of the molecule is COC(=O)c1c(NC(=O)c2ccc(S(=O)(=O)N3CCCCC3)cc2)sc2c1CC[NH+](C)C2. The number of sulfonamides is 1. The van der Waals surface area contributed by atoms with Crippen LogP contribution in [0, 0.1) is 0 Å². The number of amides is 1. The van der Waals surface area contributed by atoms with Gasteiger partial charge < -0.3 is 15.0 Å². The molecule has 1 unspecified atom stereocenters. The van der Waals surface area contributed by atoms with Crippen LogP contribution in [0.25, 0.3) is 0 Å². The Morgan fingerprint density at radius 1 is 1.12 bits per heavy atom. The lowest BCUT2D eigenvalue weighted by atomic mass is 10.0. The molecule has 3 heterocycles. The number of fused-ring (bicyclic) bond motifs is 1. The zero-order chi connectivity index (χ0) is 22.9. The number of anilines is 1.